The molecule has 2 saturated heterocycles. The van der Waals surface area contributed by atoms with E-state index in [2.05, 4.69) is 5.32 Å². The summed E-state index contributed by atoms with van der Waals surface area (Å²) in [6.45, 7) is 2.86. The molecule has 1 aliphatic carbocycles. The Balaban J connectivity index is 1.85. The number of ether oxygens (including phenoxy) is 1. The summed E-state index contributed by atoms with van der Waals surface area (Å²) in [6.07, 6.45) is 4.51. The molecule has 2 amide bonds. The normalized spacial score (nSPS) is 35.3. The van der Waals surface area contributed by atoms with Crippen molar-refractivity contribution in [1.82, 2.24) is 10.2 Å². The predicted octanol–water partition coefficient (Wildman–Crippen LogP) is 0.435. The van der Waals surface area contributed by atoms with Gasteiger partial charge in [-0.2, -0.15) is 0 Å². The topological polar surface area (TPSA) is 58.6 Å². The molecule has 0 bridgehead atoms. The van der Waals surface area contributed by atoms with Crippen LogP contribution in [-0.4, -0.2) is 47.6 Å². The highest BCUT2D eigenvalue weighted by molar-refractivity contribution is 5.98. The van der Waals surface area contributed by atoms with Crippen LogP contribution in [0.2, 0.25) is 0 Å². The fourth-order valence-corrected chi connectivity index (χ4v) is 3.58. The van der Waals surface area contributed by atoms with E-state index in [4.69, 9.17) is 4.74 Å². The summed E-state index contributed by atoms with van der Waals surface area (Å²) in [5.74, 6) is 0.0950. The van der Waals surface area contributed by atoms with E-state index in [1.54, 1.807) is 4.90 Å². The van der Waals surface area contributed by atoms with E-state index in [0.717, 1.165) is 32.1 Å². The van der Waals surface area contributed by atoms with Gasteiger partial charge in [-0.05, 0) is 26.2 Å². The lowest BCUT2D eigenvalue weighted by Crippen LogP contribution is -2.67. The van der Waals surface area contributed by atoms with Crippen LogP contribution in [0, 0.1) is 0 Å². The van der Waals surface area contributed by atoms with Crippen molar-refractivity contribution in [3.8, 4) is 0 Å². The van der Waals surface area contributed by atoms with E-state index in [0.29, 0.717) is 6.61 Å². The third kappa shape index (κ3) is 1.72. The van der Waals surface area contributed by atoms with Gasteiger partial charge in [-0.1, -0.05) is 12.8 Å². The van der Waals surface area contributed by atoms with Crippen LogP contribution in [0.1, 0.15) is 39.0 Å². The fourth-order valence-electron chi connectivity index (χ4n) is 3.58. The van der Waals surface area contributed by atoms with E-state index in [1.807, 2.05) is 6.92 Å². The van der Waals surface area contributed by atoms with Gasteiger partial charge in [0.25, 0.3) is 0 Å². The van der Waals surface area contributed by atoms with Crippen LogP contribution < -0.4 is 5.32 Å². The Morgan fingerprint density at radius 1 is 1.33 bits per heavy atom. The van der Waals surface area contributed by atoms with Crippen molar-refractivity contribution in [2.75, 3.05) is 13.2 Å². The number of carbonyl (C=O) groups excluding carboxylic acids is 2. The average Bonchev–Trinajstić information content (AvgIpc) is 2.94. The van der Waals surface area contributed by atoms with Gasteiger partial charge in [0.1, 0.15) is 12.1 Å². The quantitative estimate of drug-likeness (QED) is 0.736. The minimum atomic E-state index is -0.600. The Labute approximate surface area is 107 Å². The maximum atomic E-state index is 12.7. The Morgan fingerprint density at radius 3 is 2.67 bits per heavy atom. The number of nitrogens with zero attached hydrogens (tertiary/aromatic N) is 1. The van der Waals surface area contributed by atoms with Gasteiger partial charge in [0.05, 0.1) is 12.1 Å². The number of nitrogens with one attached hydrogen (secondary N) is 1. The van der Waals surface area contributed by atoms with E-state index in [9.17, 15) is 9.59 Å². The summed E-state index contributed by atoms with van der Waals surface area (Å²) >= 11 is 0. The van der Waals surface area contributed by atoms with Crippen LogP contribution >= 0.6 is 0 Å². The highest BCUT2D eigenvalue weighted by Crippen LogP contribution is 2.35. The smallest absolute Gasteiger partial charge is 0.249 e. The first-order chi connectivity index (χ1) is 8.62. The highest BCUT2D eigenvalue weighted by Gasteiger charge is 2.51. The largest absolute Gasteiger partial charge is 0.376 e. The second kappa shape index (κ2) is 4.23. The van der Waals surface area contributed by atoms with Gasteiger partial charge in [0.15, 0.2) is 0 Å². The molecule has 2 atom stereocenters. The number of amides is 2. The average molecular weight is 252 g/mol. The lowest BCUT2D eigenvalue weighted by Gasteiger charge is -2.43. The number of rotatable bonds is 1. The first-order valence-corrected chi connectivity index (χ1v) is 6.86. The molecule has 18 heavy (non-hydrogen) atoms. The Hall–Kier alpha value is -1.10. The summed E-state index contributed by atoms with van der Waals surface area (Å²) in [6, 6.07) is 0.0704. The standard InChI is InChI=1S/C13H20N2O3/c1-9-10(4-7-18-9)15-8-11(16)14-13(12(15)17)5-2-3-6-13/h9-10H,2-8H2,1H3,(H,14,16). The SMILES string of the molecule is CC1OCCC1N1CC(=O)NC2(CCCC2)C1=O. The van der Waals surface area contributed by atoms with Gasteiger partial charge in [-0.3, -0.25) is 9.59 Å². The summed E-state index contributed by atoms with van der Waals surface area (Å²) in [4.78, 5) is 26.3. The molecular weight excluding hydrogens is 232 g/mol. The molecule has 1 saturated carbocycles. The van der Waals surface area contributed by atoms with Crippen molar-refractivity contribution in [1.29, 1.82) is 0 Å². The lowest BCUT2D eigenvalue weighted by atomic mass is 9.91. The van der Waals surface area contributed by atoms with Crippen LogP contribution in [0.4, 0.5) is 0 Å². The number of piperazine rings is 1. The van der Waals surface area contributed by atoms with Gasteiger partial charge in [0, 0.05) is 6.61 Å². The summed E-state index contributed by atoms with van der Waals surface area (Å²) < 4.78 is 5.53. The maximum Gasteiger partial charge on any atom is 0.249 e. The maximum absolute atomic E-state index is 12.7. The van der Waals surface area contributed by atoms with Gasteiger partial charge in [-0.15, -0.1) is 0 Å². The molecule has 3 rings (SSSR count). The van der Waals surface area contributed by atoms with E-state index < -0.39 is 5.54 Å². The number of hydrogen-bond acceptors (Lipinski definition) is 3. The minimum absolute atomic E-state index is 0.0180. The molecule has 3 aliphatic rings. The highest BCUT2D eigenvalue weighted by atomic mass is 16.5. The molecule has 0 radical (unpaired) electrons. The van der Waals surface area contributed by atoms with Crippen molar-refractivity contribution >= 4 is 11.8 Å². The van der Waals surface area contributed by atoms with Gasteiger partial charge >= 0.3 is 0 Å². The second-order valence-electron chi connectivity index (χ2n) is 5.70. The van der Waals surface area contributed by atoms with Crippen LogP contribution in [0.5, 0.6) is 0 Å². The van der Waals surface area contributed by atoms with E-state index in [1.165, 1.54) is 0 Å². The Kier molecular flexibility index (Phi) is 2.81. The molecule has 3 fully saturated rings. The van der Waals surface area contributed by atoms with E-state index >= 15 is 0 Å². The summed E-state index contributed by atoms with van der Waals surface area (Å²) in [7, 11) is 0. The van der Waals surface area contributed by atoms with Crippen LogP contribution in [-0.2, 0) is 14.3 Å². The van der Waals surface area contributed by atoms with E-state index in [-0.39, 0.29) is 30.5 Å². The Bertz CT molecular complexity index is 376. The van der Waals surface area contributed by atoms with Gasteiger partial charge < -0.3 is 15.0 Å². The van der Waals surface area contributed by atoms with Gasteiger partial charge in [0.2, 0.25) is 11.8 Å². The third-order valence-electron chi connectivity index (χ3n) is 4.56. The molecular formula is C13H20N2O3. The molecule has 5 heteroatoms. The molecule has 100 valence electrons. The van der Waals surface area contributed by atoms with Crippen molar-refractivity contribution in [2.45, 2.75) is 56.7 Å². The monoisotopic (exact) mass is 252 g/mol. The first kappa shape index (κ1) is 12.0. The van der Waals surface area contributed by atoms with Crippen molar-refractivity contribution < 1.29 is 14.3 Å². The lowest BCUT2D eigenvalue weighted by molar-refractivity contribution is -0.153. The fraction of sp³-hybridized carbons (Fsp3) is 0.846. The Morgan fingerprint density at radius 2 is 2.06 bits per heavy atom. The van der Waals surface area contributed by atoms with Crippen molar-refractivity contribution in [3.05, 3.63) is 0 Å². The van der Waals surface area contributed by atoms with Crippen molar-refractivity contribution in [2.24, 2.45) is 0 Å². The molecule has 2 aliphatic heterocycles. The molecule has 0 aromatic heterocycles. The number of hydrogen-bond donors (Lipinski definition) is 1. The van der Waals surface area contributed by atoms with Crippen LogP contribution in [0.15, 0.2) is 0 Å². The summed E-state index contributed by atoms with van der Waals surface area (Å²) in [5, 5.41) is 2.94. The zero-order valence-corrected chi connectivity index (χ0v) is 10.8. The zero-order valence-electron chi connectivity index (χ0n) is 10.8. The first-order valence-electron chi connectivity index (χ1n) is 6.86. The molecule has 2 unspecified atom stereocenters. The number of carbonyl (C=O) groups is 2. The van der Waals surface area contributed by atoms with Crippen LogP contribution in [0.3, 0.4) is 0 Å². The molecule has 1 spiro atoms. The minimum Gasteiger partial charge on any atom is -0.376 e. The van der Waals surface area contributed by atoms with Gasteiger partial charge in [-0.25, -0.2) is 0 Å². The molecule has 1 N–H and O–H groups in total. The van der Waals surface area contributed by atoms with Crippen LogP contribution in [0.25, 0.3) is 0 Å². The molecule has 0 aromatic carbocycles. The molecule has 5 nitrogen and oxygen atoms in total. The summed E-state index contributed by atoms with van der Waals surface area (Å²) in [5.41, 5.74) is -0.600. The third-order valence-corrected chi connectivity index (χ3v) is 4.56. The molecule has 0 aromatic rings. The van der Waals surface area contributed by atoms with Crippen molar-refractivity contribution in [3.63, 3.8) is 0 Å². The zero-order chi connectivity index (χ0) is 12.8. The predicted molar refractivity (Wildman–Crippen MR) is 64.9 cm³/mol. The molecule has 2 heterocycles. The second-order valence-corrected chi connectivity index (χ2v) is 5.70.